The first-order valence-electron chi connectivity index (χ1n) is 7.27. The number of nitrogens with one attached hydrogen (secondary N) is 1. The first-order valence-corrected chi connectivity index (χ1v) is 7.27. The van der Waals surface area contributed by atoms with Gasteiger partial charge in [0, 0.05) is 32.5 Å². The van der Waals surface area contributed by atoms with E-state index >= 15 is 0 Å². The Hall–Kier alpha value is -0.610. The number of carbonyl (C=O) groups excluding carboxylic acids is 1. The minimum Gasteiger partial charge on any atom is -0.384 e. The Morgan fingerprint density at radius 3 is 3.00 bits per heavy atom. The van der Waals surface area contributed by atoms with Crippen LogP contribution in [0.3, 0.4) is 0 Å². The average Bonchev–Trinajstić information content (AvgIpc) is 2.86. The highest BCUT2D eigenvalue weighted by Crippen LogP contribution is 2.20. The fourth-order valence-corrected chi connectivity index (χ4v) is 3.09. The molecule has 0 aliphatic carbocycles. The Morgan fingerprint density at radius 1 is 1.39 bits per heavy atom. The molecule has 2 saturated heterocycles. The van der Waals surface area contributed by atoms with Crippen molar-refractivity contribution in [2.75, 3.05) is 39.9 Å². The van der Waals surface area contributed by atoms with Gasteiger partial charge in [0.05, 0.1) is 6.61 Å². The van der Waals surface area contributed by atoms with Gasteiger partial charge in [0.2, 0.25) is 5.91 Å². The average molecular weight is 254 g/mol. The Morgan fingerprint density at radius 2 is 2.28 bits per heavy atom. The second-order valence-corrected chi connectivity index (χ2v) is 5.70. The maximum Gasteiger partial charge on any atom is 0.222 e. The number of carbonyl (C=O) groups is 1. The molecule has 4 heteroatoms. The molecule has 104 valence electrons. The van der Waals surface area contributed by atoms with Gasteiger partial charge in [-0.1, -0.05) is 0 Å². The third-order valence-electron chi connectivity index (χ3n) is 4.21. The van der Waals surface area contributed by atoms with Crippen LogP contribution in [0.4, 0.5) is 0 Å². The molecule has 2 aliphatic heterocycles. The summed E-state index contributed by atoms with van der Waals surface area (Å²) >= 11 is 0. The smallest absolute Gasteiger partial charge is 0.222 e. The van der Waals surface area contributed by atoms with Crippen LogP contribution in [0.1, 0.15) is 32.1 Å². The molecule has 2 rings (SSSR count). The van der Waals surface area contributed by atoms with Crippen molar-refractivity contribution in [2.45, 2.75) is 32.1 Å². The normalized spacial score (nSPS) is 28.6. The van der Waals surface area contributed by atoms with Gasteiger partial charge in [0.1, 0.15) is 0 Å². The lowest BCUT2D eigenvalue weighted by molar-refractivity contribution is -0.130. The van der Waals surface area contributed by atoms with Crippen LogP contribution in [0.15, 0.2) is 0 Å². The second-order valence-electron chi connectivity index (χ2n) is 5.70. The standard InChI is InChI=1S/C14H26N2O2/c1-18-11-13-6-8-16(10-13)14(17)5-4-12-3-2-7-15-9-12/h12-13,15H,2-11H2,1H3. The summed E-state index contributed by atoms with van der Waals surface area (Å²) in [6, 6.07) is 0. The van der Waals surface area contributed by atoms with Crippen LogP contribution in [0.2, 0.25) is 0 Å². The molecular weight excluding hydrogens is 228 g/mol. The molecule has 2 unspecified atom stereocenters. The largest absolute Gasteiger partial charge is 0.384 e. The van der Waals surface area contributed by atoms with Crippen LogP contribution in [0.25, 0.3) is 0 Å². The fourth-order valence-electron chi connectivity index (χ4n) is 3.09. The van der Waals surface area contributed by atoms with E-state index in [4.69, 9.17) is 4.74 Å². The lowest BCUT2D eigenvalue weighted by atomic mass is 9.94. The van der Waals surface area contributed by atoms with E-state index in [0.717, 1.165) is 52.0 Å². The molecule has 0 radical (unpaired) electrons. The summed E-state index contributed by atoms with van der Waals surface area (Å²) in [6.07, 6.45) is 5.43. The van der Waals surface area contributed by atoms with Crippen molar-refractivity contribution in [1.29, 1.82) is 0 Å². The van der Waals surface area contributed by atoms with Crippen LogP contribution in [-0.2, 0) is 9.53 Å². The van der Waals surface area contributed by atoms with Gasteiger partial charge in [-0.3, -0.25) is 4.79 Å². The quantitative estimate of drug-likeness (QED) is 0.803. The molecular formula is C14H26N2O2. The minimum absolute atomic E-state index is 0.346. The van der Waals surface area contributed by atoms with E-state index in [1.807, 2.05) is 4.90 Å². The summed E-state index contributed by atoms with van der Waals surface area (Å²) in [5.41, 5.74) is 0. The molecule has 2 aliphatic rings. The molecule has 1 N–H and O–H groups in total. The van der Waals surface area contributed by atoms with E-state index in [-0.39, 0.29) is 0 Å². The molecule has 0 aromatic carbocycles. The number of rotatable bonds is 5. The molecule has 0 bridgehead atoms. The van der Waals surface area contributed by atoms with Crippen molar-refractivity contribution in [2.24, 2.45) is 11.8 Å². The van der Waals surface area contributed by atoms with Gasteiger partial charge in [-0.25, -0.2) is 0 Å². The van der Waals surface area contributed by atoms with Crippen molar-refractivity contribution in [3.05, 3.63) is 0 Å². The maximum atomic E-state index is 12.1. The van der Waals surface area contributed by atoms with Gasteiger partial charge in [-0.15, -0.1) is 0 Å². The predicted molar refractivity (Wildman–Crippen MR) is 71.4 cm³/mol. The molecule has 18 heavy (non-hydrogen) atoms. The van der Waals surface area contributed by atoms with Crippen molar-refractivity contribution in [3.8, 4) is 0 Å². The van der Waals surface area contributed by atoms with Gasteiger partial charge in [0.25, 0.3) is 0 Å². The SMILES string of the molecule is COCC1CCN(C(=O)CCC2CCCNC2)C1. The van der Waals surface area contributed by atoms with E-state index in [1.165, 1.54) is 12.8 Å². The first-order chi connectivity index (χ1) is 8.79. The summed E-state index contributed by atoms with van der Waals surface area (Å²) in [4.78, 5) is 14.1. The highest BCUT2D eigenvalue weighted by Gasteiger charge is 2.26. The summed E-state index contributed by atoms with van der Waals surface area (Å²) in [5, 5.41) is 3.41. The molecule has 4 nitrogen and oxygen atoms in total. The van der Waals surface area contributed by atoms with Gasteiger partial charge in [-0.2, -0.15) is 0 Å². The van der Waals surface area contributed by atoms with Crippen LogP contribution in [-0.4, -0.2) is 50.7 Å². The van der Waals surface area contributed by atoms with Crippen LogP contribution in [0.5, 0.6) is 0 Å². The molecule has 1 amide bonds. The van der Waals surface area contributed by atoms with E-state index < -0.39 is 0 Å². The third-order valence-corrected chi connectivity index (χ3v) is 4.21. The molecule has 0 spiro atoms. The number of methoxy groups -OCH3 is 1. The van der Waals surface area contributed by atoms with E-state index in [9.17, 15) is 4.79 Å². The number of hydrogen-bond acceptors (Lipinski definition) is 3. The summed E-state index contributed by atoms with van der Waals surface area (Å²) in [7, 11) is 1.74. The Labute approximate surface area is 110 Å². The van der Waals surface area contributed by atoms with Crippen molar-refractivity contribution in [3.63, 3.8) is 0 Å². The lowest BCUT2D eigenvalue weighted by Crippen LogP contribution is -2.32. The number of piperidine rings is 1. The number of amides is 1. The molecule has 0 aromatic heterocycles. The summed E-state index contributed by atoms with van der Waals surface area (Å²) < 4.78 is 5.16. The van der Waals surface area contributed by atoms with Crippen LogP contribution in [0, 0.1) is 11.8 Å². The molecule has 0 aromatic rings. The van der Waals surface area contributed by atoms with Crippen molar-refractivity contribution >= 4 is 5.91 Å². The van der Waals surface area contributed by atoms with Crippen LogP contribution >= 0.6 is 0 Å². The number of ether oxygens (including phenoxy) is 1. The highest BCUT2D eigenvalue weighted by molar-refractivity contribution is 5.76. The molecule has 2 heterocycles. The first kappa shape index (κ1) is 13.8. The van der Waals surface area contributed by atoms with E-state index in [1.54, 1.807) is 7.11 Å². The van der Waals surface area contributed by atoms with Crippen LogP contribution < -0.4 is 5.32 Å². The molecule has 2 fully saturated rings. The predicted octanol–water partition coefficient (Wildman–Crippen LogP) is 1.26. The van der Waals surface area contributed by atoms with Gasteiger partial charge >= 0.3 is 0 Å². The monoisotopic (exact) mass is 254 g/mol. The number of nitrogens with zero attached hydrogens (tertiary/aromatic N) is 1. The summed E-state index contributed by atoms with van der Waals surface area (Å²) in [5.74, 6) is 1.61. The fraction of sp³-hybridized carbons (Fsp3) is 0.929. The van der Waals surface area contributed by atoms with Crippen molar-refractivity contribution in [1.82, 2.24) is 10.2 Å². The lowest BCUT2D eigenvalue weighted by Gasteiger charge is -2.23. The number of hydrogen-bond donors (Lipinski definition) is 1. The second kappa shape index (κ2) is 7.10. The minimum atomic E-state index is 0.346. The molecule has 0 saturated carbocycles. The van der Waals surface area contributed by atoms with Gasteiger partial charge < -0.3 is 15.0 Å². The van der Waals surface area contributed by atoms with Gasteiger partial charge in [0.15, 0.2) is 0 Å². The number of likely N-dealkylation sites (tertiary alicyclic amines) is 1. The zero-order valence-corrected chi connectivity index (χ0v) is 11.5. The molecule has 2 atom stereocenters. The van der Waals surface area contributed by atoms with E-state index in [2.05, 4.69) is 5.32 Å². The maximum absolute atomic E-state index is 12.1. The summed E-state index contributed by atoms with van der Waals surface area (Å²) in [6.45, 7) is 4.86. The zero-order chi connectivity index (χ0) is 12.8. The third kappa shape index (κ3) is 3.95. The Balaban J connectivity index is 1.65. The Kier molecular flexibility index (Phi) is 5.45. The highest BCUT2D eigenvalue weighted by atomic mass is 16.5. The van der Waals surface area contributed by atoms with Gasteiger partial charge in [-0.05, 0) is 44.7 Å². The van der Waals surface area contributed by atoms with Crippen molar-refractivity contribution < 1.29 is 9.53 Å². The zero-order valence-electron chi connectivity index (χ0n) is 11.5. The topological polar surface area (TPSA) is 41.6 Å². The Bertz CT molecular complexity index is 265. The van der Waals surface area contributed by atoms with E-state index in [0.29, 0.717) is 17.7 Å².